The summed E-state index contributed by atoms with van der Waals surface area (Å²) in [4.78, 5) is 0. The lowest BCUT2D eigenvalue weighted by Crippen LogP contribution is -2.26. The minimum atomic E-state index is 0.0507. The van der Waals surface area contributed by atoms with E-state index in [4.69, 9.17) is 4.37 Å². The topological polar surface area (TPSA) is 25.8 Å². The highest BCUT2D eigenvalue weighted by Crippen LogP contribution is 2.57. The van der Waals surface area contributed by atoms with Crippen LogP contribution in [0.1, 0.15) is 126 Å². The Balaban J connectivity index is 1.48. The van der Waals surface area contributed by atoms with E-state index in [0.29, 0.717) is 0 Å². The molecule has 4 aromatic carbocycles. The molecule has 0 atom stereocenters. The molecule has 5 aromatic rings. The van der Waals surface area contributed by atoms with Gasteiger partial charge in [0.15, 0.2) is 0 Å². The molecule has 44 heavy (non-hydrogen) atoms. The second-order valence-electron chi connectivity index (χ2n) is 13.4. The van der Waals surface area contributed by atoms with Crippen molar-refractivity contribution in [2.24, 2.45) is 0 Å². The van der Waals surface area contributed by atoms with Gasteiger partial charge in [0.25, 0.3) is 0 Å². The summed E-state index contributed by atoms with van der Waals surface area (Å²) in [5.74, 6) is 0. The molecule has 1 aliphatic rings. The van der Waals surface area contributed by atoms with Crippen molar-refractivity contribution in [1.82, 2.24) is 8.75 Å². The van der Waals surface area contributed by atoms with Crippen molar-refractivity contribution in [3.05, 3.63) is 82.9 Å². The molecule has 0 radical (unpaired) electrons. The van der Waals surface area contributed by atoms with Crippen LogP contribution in [0.15, 0.2) is 60.7 Å². The summed E-state index contributed by atoms with van der Waals surface area (Å²) in [5, 5.41) is 2.82. The van der Waals surface area contributed by atoms with Crippen LogP contribution < -0.4 is 0 Å². The first-order chi connectivity index (χ1) is 21.6. The number of hydrogen-bond donors (Lipinski definition) is 0. The third-order valence-corrected chi connectivity index (χ3v) is 10.9. The van der Waals surface area contributed by atoms with E-state index in [-0.39, 0.29) is 5.41 Å². The summed E-state index contributed by atoms with van der Waals surface area (Å²) in [5.41, 5.74) is 13.3. The average molecular weight is 603 g/mol. The number of aryl methyl sites for hydroxylation is 2. The van der Waals surface area contributed by atoms with E-state index in [9.17, 15) is 0 Å². The lowest BCUT2D eigenvalue weighted by Gasteiger charge is -2.33. The highest BCUT2D eigenvalue weighted by atomic mass is 32.1. The zero-order valence-electron chi connectivity index (χ0n) is 27.5. The summed E-state index contributed by atoms with van der Waals surface area (Å²) in [6.45, 7) is 9.10. The zero-order chi connectivity index (χ0) is 30.5. The number of hydrogen-bond acceptors (Lipinski definition) is 3. The van der Waals surface area contributed by atoms with Gasteiger partial charge in [0, 0.05) is 11.0 Å². The summed E-state index contributed by atoms with van der Waals surface area (Å²) >= 11 is 1.33. The maximum Gasteiger partial charge on any atom is 0.112 e. The van der Waals surface area contributed by atoms with Crippen molar-refractivity contribution in [2.45, 2.75) is 123 Å². The Kier molecular flexibility index (Phi) is 9.81. The first kappa shape index (κ1) is 31.0. The van der Waals surface area contributed by atoms with Crippen LogP contribution in [0.2, 0.25) is 0 Å². The molecule has 230 valence electrons. The van der Waals surface area contributed by atoms with Gasteiger partial charge in [-0.3, -0.25) is 0 Å². The van der Waals surface area contributed by atoms with Gasteiger partial charge in [0.2, 0.25) is 0 Å². The Hall–Kier alpha value is -3.04. The lowest BCUT2D eigenvalue weighted by atomic mass is 9.69. The molecular weight excluding hydrogens is 553 g/mol. The van der Waals surface area contributed by atoms with E-state index < -0.39 is 0 Å². The number of nitrogens with zero attached hydrogens (tertiary/aromatic N) is 2. The van der Waals surface area contributed by atoms with Crippen molar-refractivity contribution in [3.8, 4) is 22.3 Å². The van der Waals surface area contributed by atoms with E-state index in [1.807, 2.05) is 0 Å². The second-order valence-corrected chi connectivity index (χ2v) is 14.0. The van der Waals surface area contributed by atoms with Gasteiger partial charge in [-0.25, -0.2) is 0 Å². The van der Waals surface area contributed by atoms with Gasteiger partial charge in [0.05, 0.1) is 11.7 Å². The molecule has 0 saturated heterocycles. The van der Waals surface area contributed by atoms with Crippen LogP contribution in [0.5, 0.6) is 0 Å². The molecule has 0 N–H and O–H groups in total. The van der Waals surface area contributed by atoms with Crippen molar-refractivity contribution in [1.29, 1.82) is 0 Å². The molecule has 2 nitrogen and oxygen atoms in total. The van der Waals surface area contributed by atoms with E-state index in [2.05, 4.69) is 92.7 Å². The van der Waals surface area contributed by atoms with Gasteiger partial charge in [0.1, 0.15) is 11.0 Å². The van der Waals surface area contributed by atoms with Gasteiger partial charge in [-0.1, -0.05) is 145 Å². The van der Waals surface area contributed by atoms with Crippen LogP contribution in [0.3, 0.4) is 0 Å². The molecule has 0 bridgehead atoms. The molecule has 0 fully saturated rings. The van der Waals surface area contributed by atoms with Crippen molar-refractivity contribution >= 4 is 33.5 Å². The predicted octanol–water partition coefficient (Wildman–Crippen LogP) is 12.9. The molecule has 1 aromatic heterocycles. The van der Waals surface area contributed by atoms with E-state index >= 15 is 0 Å². The second kappa shape index (κ2) is 13.9. The van der Waals surface area contributed by atoms with Gasteiger partial charge in [-0.05, 0) is 82.5 Å². The van der Waals surface area contributed by atoms with Crippen LogP contribution in [0.25, 0.3) is 44.1 Å². The Labute approximate surface area is 269 Å². The van der Waals surface area contributed by atoms with E-state index in [0.717, 1.165) is 11.0 Å². The van der Waals surface area contributed by atoms with E-state index in [1.165, 1.54) is 146 Å². The Morgan fingerprint density at radius 3 is 1.89 bits per heavy atom. The molecule has 1 heterocycles. The number of fused-ring (bicyclic) bond motifs is 6. The Morgan fingerprint density at radius 2 is 1.18 bits per heavy atom. The molecule has 0 saturated carbocycles. The summed E-state index contributed by atoms with van der Waals surface area (Å²) in [6.07, 6.45) is 18.5. The highest BCUT2D eigenvalue weighted by molar-refractivity contribution is 7.00. The smallest absolute Gasteiger partial charge is 0.112 e. The molecule has 0 amide bonds. The standard InChI is InChI=1S/C41H50N2S/c1-5-7-9-11-13-17-25-41(26-18-14-12-10-8-6-2)36-28-31(33-23-21-29(3)39-40(33)43-44-42-39)22-24-35(36)38-34-20-16-15-19-32(34)30(4)27-37(38)41/h15-16,19-24,27-28H,5-14,17-18,25-26H2,1-4H3. The average Bonchev–Trinajstić information content (AvgIpc) is 3.64. The number of rotatable bonds is 15. The van der Waals surface area contributed by atoms with E-state index in [1.54, 1.807) is 11.1 Å². The van der Waals surface area contributed by atoms with Crippen LogP contribution in [-0.2, 0) is 5.41 Å². The third kappa shape index (κ3) is 5.85. The lowest BCUT2D eigenvalue weighted by molar-refractivity contribution is 0.398. The first-order valence-corrected chi connectivity index (χ1v) is 18.2. The minimum absolute atomic E-state index is 0.0507. The van der Waals surface area contributed by atoms with Crippen molar-refractivity contribution in [2.75, 3.05) is 0 Å². The normalized spacial score (nSPS) is 13.5. The largest absolute Gasteiger partial charge is 0.173 e. The van der Waals surface area contributed by atoms with Gasteiger partial charge in [-0.2, -0.15) is 8.75 Å². The van der Waals surface area contributed by atoms with Crippen LogP contribution in [-0.4, -0.2) is 8.75 Å². The SMILES string of the molecule is CCCCCCCCC1(CCCCCCCC)c2cc(-c3ccc(C)c4nsnc34)ccc2-c2c1cc(C)c1ccccc21. The van der Waals surface area contributed by atoms with Gasteiger partial charge in [-0.15, -0.1) is 0 Å². The molecule has 0 aliphatic heterocycles. The molecule has 3 heteroatoms. The molecular formula is C41H50N2S. The van der Waals surface area contributed by atoms with Crippen LogP contribution >= 0.6 is 11.7 Å². The fourth-order valence-electron chi connectivity index (χ4n) is 8.00. The Bertz CT molecular complexity index is 1710. The summed E-state index contributed by atoms with van der Waals surface area (Å²) in [7, 11) is 0. The zero-order valence-corrected chi connectivity index (χ0v) is 28.3. The maximum absolute atomic E-state index is 4.78. The van der Waals surface area contributed by atoms with Crippen molar-refractivity contribution < 1.29 is 0 Å². The predicted molar refractivity (Wildman–Crippen MR) is 192 cm³/mol. The van der Waals surface area contributed by atoms with Gasteiger partial charge >= 0.3 is 0 Å². The quantitative estimate of drug-likeness (QED) is 0.111. The monoisotopic (exact) mass is 602 g/mol. The molecule has 0 spiro atoms. The number of aromatic nitrogens is 2. The molecule has 6 rings (SSSR count). The summed E-state index contributed by atoms with van der Waals surface area (Å²) < 4.78 is 9.43. The van der Waals surface area contributed by atoms with Gasteiger partial charge < -0.3 is 0 Å². The highest BCUT2D eigenvalue weighted by Gasteiger charge is 2.43. The van der Waals surface area contributed by atoms with Crippen LogP contribution in [0.4, 0.5) is 0 Å². The summed E-state index contributed by atoms with van der Waals surface area (Å²) in [6, 6.07) is 23.6. The Morgan fingerprint density at radius 1 is 0.568 bits per heavy atom. The number of unbranched alkanes of at least 4 members (excludes halogenated alkanes) is 10. The van der Waals surface area contributed by atoms with Crippen molar-refractivity contribution in [3.63, 3.8) is 0 Å². The minimum Gasteiger partial charge on any atom is -0.173 e. The molecule has 1 aliphatic carbocycles. The third-order valence-electron chi connectivity index (χ3n) is 10.4. The van der Waals surface area contributed by atoms with Crippen LogP contribution in [0, 0.1) is 13.8 Å². The fraction of sp³-hybridized carbons (Fsp3) is 0.463. The first-order valence-electron chi connectivity index (χ1n) is 17.5. The molecule has 0 unspecified atom stereocenters. The maximum atomic E-state index is 4.78. The fourth-order valence-corrected chi connectivity index (χ4v) is 8.62. The number of benzene rings is 4.